The second kappa shape index (κ2) is 9.27. The molecule has 6 nitrogen and oxygen atoms in total. The fourth-order valence-corrected chi connectivity index (χ4v) is 2.01. The molecule has 23 heavy (non-hydrogen) atoms. The molecule has 128 valence electrons. The Morgan fingerprint density at radius 1 is 1.30 bits per heavy atom. The molecule has 1 aromatic carbocycles. The Labute approximate surface area is 137 Å². The number of nitrogens with two attached hydrogens (primary N) is 1. The maximum atomic E-state index is 12.0. The van der Waals surface area contributed by atoms with Gasteiger partial charge < -0.3 is 21.1 Å². The molecule has 1 aromatic rings. The molecule has 0 radical (unpaired) electrons. The van der Waals surface area contributed by atoms with E-state index in [-0.39, 0.29) is 30.9 Å². The summed E-state index contributed by atoms with van der Waals surface area (Å²) in [4.78, 5) is 24.0. The number of rotatable bonds is 8. The lowest BCUT2D eigenvalue weighted by molar-refractivity contribution is -0.118. The Balaban J connectivity index is 2.69. The Kier molecular flexibility index (Phi) is 7.71. The van der Waals surface area contributed by atoms with E-state index in [4.69, 9.17) is 10.5 Å². The van der Waals surface area contributed by atoms with Crippen molar-refractivity contribution in [3.63, 3.8) is 0 Å². The van der Waals surface area contributed by atoms with Crippen LogP contribution in [0.2, 0.25) is 0 Å². The van der Waals surface area contributed by atoms with Crippen molar-refractivity contribution in [2.45, 2.75) is 33.3 Å². The van der Waals surface area contributed by atoms with Gasteiger partial charge in [0.25, 0.3) is 5.91 Å². The largest absolute Gasteiger partial charge is 0.380 e. The third-order valence-corrected chi connectivity index (χ3v) is 3.44. The number of benzene rings is 1. The molecule has 4 N–H and O–H groups in total. The van der Waals surface area contributed by atoms with E-state index in [1.54, 1.807) is 18.2 Å². The topological polar surface area (TPSA) is 93.4 Å². The van der Waals surface area contributed by atoms with Gasteiger partial charge in [-0.05, 0) is 36.6 Å². The third kappa shape index (κ3) is 6.38. The number of methoxy groups -OCH3 is 1. The summed E-state index contributed by atoms with van der Waals surface area (Å²) in [5, 5.41) is 5.69. The minimum Gasteiger partial charge on any atom is -0.380 e. The molecule has 0 aliphatic rings. The molecule has 0 saturated carbocycles. The van der Waals surface area contributed by atoms with Gasteiger partial charge in [-0.3, -0.25) is 9.59 Å². The minimum atomic E-state index is -0.295. The van der Waals surface area contributed by atoms with Gasteiger partial charge in [0.1, 0.15) is 0 Å². The molecule has 1 unspecified atom stereocenters. The Morgan fingerprint density at radius 3 is 2.52 bits per heavy atom. The first kappa shape index (κ1) is 19.1. The van der Waals surface area contributed by atoms with Crippen molar-refractivity contribution in [3.8, 4) is 0 Å². The van der Waals surface area contributed by atoms with Crippen LogP contribution in [0.3, 0.4) is 0 Å². The molecule has 6 heteroatoms. The van der Waals surface area contributed by atoms with E-state index < -0.39 is 0 Å². The SMILES string of the molecule is COC(CN)CC(=O)Nc1ccc(C(=O)NCC(C)C)cc1C. The average molecular weight is 321 g/mol. The summed E-state index contributed by atoms with van der Waals surface area (Å²) < 4.78 is 5.10. The summed E-state index contributed by atoms with van der Waals surface area (Å²) >= 11 is 0. The number of nitrogens with one attached hydrogen (secondary N) is 2. The predicted octanol–water partition coefficient (Wildman–Crippen LogP) is 1.68. The summed E-state index contributed by atoms with van der Waals surface area (Å²) in [5.74, 6) is 0.125. The number of ether oxygens (including phenoxy) is 1. The first-order valence-electron chi connectivity index (χ1n) is 7.79. The van der Waals surface area contributed by atoms with Gasteiger partial charge in [-0.25, -0.2) is 0 Å². The van der Waals surface area contributed by atoms with E-state index in [1.165, 1.54) is 7.11 Å². The van der Waals surface area contributed by atoms with E-state index in [9.17, 15) is 9.59 Å². The normalized spacial score (nSPS) is 12.1. The maximum Gasteiger partial charge on any atom is 0.251 e. The van der Waals surface area contributed by atoms with Crippen molar-refractivity contribution < 1.29 is 14.3 Å². The van der Waals surface area contributed by atoms with Crippen LogP contribution < -0.4 is 16.4 Å². The van der Waals surface area contributed by atoms with Crippen LogP contribution in [0.15, 0.2) is 18.2 Å². The van der Waals surface area contributed by atoms with E-state index in [0.29, 0.717) is 23.7 Å². The molecule has 0 heterocycles. The van der Waals surface area contributed by atoms with Crippen LogP contribution in [-0.2, 0) is 9.53 Å². The van der Waals surface area contributed by atoms with Crippen LogP contribution in [0.5, 0.6) is 0 Å². The highest BCUT2D eigenvalue weighted by atomic mass is 16.5. The van der Waals surface area contributed by atoms with Gasteiger partial charge in [-0.2, -0.15) is 0 Å². The van der Waals surface area contributed by atoms with Gasteiger partial charge in [0, 0.05) is 31.5 Å². The number of hydrogen-bond donors (Lipinski definition) is 3. The molecule has 0 fully saturated rings. The Bertz CT molecular complexity index is 540. The van der Waals surface area contributed by atoms with Crippen LogP contribution in [0.4, 0.5) is 5.69 Å². The van der Waals surface area contributed by atoms with Crippen LogP contribution in [0.25, 0.3) is 0 Å². The molecule has 0 bridgehead atoms. The summed E-state index contributed by atoms with van der Waals surface area (Å²) in [6.45, 7) is 6.86. The number of hydrogen-bond acceptors (Lipinski definition) is 4. The maximum absolute atomic E-state index is 12.0. The van der Waals surface area contributed by atoms with Gasteiger partial charge in [-0.1, -0.05) is 13.8 Å². The predicted molar refractivity (Wildman–Crippen MR) is 91.4 cm³/mol. The second-order valence-electron chi connectivity index (χ2n) is 5.98. The van der Waals surface area contributed by atoms with E-state index in [0.717, 1.165) is 5.56 Å². The average Bonchev–Trinajstić information content (AvgIpc) is 2.52. The van der Waals surface area contributed by atoms with Crippen molar-refractivity contribution in [3.05, 3.63) is 29.3 Å². The summed E-state index contributed by atoms with van der Waals surface area (Å²) in [5.41, 5.74) is 7.60. The van der Waals surface area contributed by atoms with E-state index in [2.05, 4.69) is 10.6 Å². The number of amides is 2. The molecule has 1 rings (SSSR count). The zero-order valence-electron chi connectivity index (χ0n) is 14.3. The number of carbonyl (C=O) groups is 2. The van der Waals surface area contributed by atoms with Crippen LogP contribution in [-0.4, -0.2) is 38.1 Å². The minimum absolute atomic E-state index is 0.109. The summed E-state index contributed by atoms with van der Waals surface area (Å²) in [6.07, 6.45) is -0.0975. The molecular weight excluding hydrogens is 294 g/mol. The second-order valence-corrected chi connectivity index (χ2v) is 5.98. The monoisotopic (exact) mass is 321 g/mol. The molecule has 1 atom stereocenters. The van der Waals surface area contributed by atoms with Crippen molar-refractivity contribution in [1.82, 2.24) is 5.32 Å². The standard InChI is InChI=1S/C17H27N3O3/c1-11(2)10-19-17(22)13-5-6-15(12(3)7-13)20-16(21)8-14(9-18)23-4/h5-7,11,14H,8-10,18H2,1-4H3,(H,19,22)(H,20,21). The smallest absolute Gasteiger partial charge is 0.251 e. The summed E-state index contributed by atoms with van der Waals surface area (Å²) in [6, 6.07) is 5.21. The zero-order chi connectivity index (χ0) is 17.4. The molecule has 0 saturated heterocycles. The third-order valence-electron chi connectivity index (χ3n) is 3.44. The number of aryl methyl sites for hydroxylation is 1. The van der Waals surface area contributed by atoms with Crippen LogP contribution in [0, 0.1) is 12.8 Å². The van der Waals surface area contributed by atoms with Crippen LogP contribution >= 0.6 is 0 Å². The van der Waals surface area contributed by atoms with Crippen LogP contribution in [0.1, 0.15) is 36.2 Å². The highest BCUT2D eigenvalue weighted by molar-refractivity contribution is 5.96. The van der Waals surface area contributed by atoms with Crippen molar-refractivity contribution in [2.75, 3.05) is 25.5 Å². The molecule has 0 aliphatic carbocycles. The van der Waals surface area contributed by atoms with Gasteiger partial charge in [0.05, 0.1) is 12.5 Å². The molecule has 0 aliphatic heterocycles. The molecular formula is C17H27N3O3. The quantitative estimate of drug-likeness (QED) is 0.679. The molecule has 0 aromatic heterocycles. The highest BCUT2D eigenvalue weighted by Gasteiger charge is 2.13. The lowest BCUT2D eigenvalue weighted by atomic mass is 10.1. The number of anilines is 1. The zero-order valence-corrected chi connectivity index (χ0v) is 14.3. The fourth-order valence-electron chi connectivity index (χ4n) is 2.01. The molecule has 0 spiro atoms. The first-order valence-corrected chi connectivity index (χ1v) is 7.79. The van der Waals surface area contributed by atoms with Crippen molar-refractivity contribution in [2.24, 2.45) is 11.7 Å². The number of carbonyl (C=O) groups excluding carboxylic acids is 2. The van der Waals surface area contributed by atoms with Crippen molar-refractivity contribution in [1.29, 1.82) is 0 Å². The van der Waals surface area contributed by atoms with Crippen molar-refractivity contribution >= 4 is 17.5 Å². The first-order chi connectivity index (χ1) is 10.9. The Hall–Kier alpha value is -1.92. The molecule has 2 amide bonds. The van der Waals surface area contributed by atoms with E-state index in [1.807, 2.05) is 20.8 Å². The van der Waals surface area contributed by atoms with E-state index >= 15 is 0 Å². The Morgan fingerprint density at radius 2 is 2.00 bits per heavy atom. The van der Waals surface area contributed by atoms with Gasteiger partial charge in [0.2, 0.25) is 5.91 Å². The van der Waals surface area contributed by atoms with Gasteiger partial charge in [-0.15, -0.1) is 0 Å². The lowest BCUT2D eigenvalue weighted by Gasteiger charge is -2.14. The summed E-state index contributed by atoms with van der Waals surface area (Å²) in [7, 11) is 1.53. The fraction of sp³-hybridized carbons (Fsp3) is 0.529. The highest BCUT2D eigenvalue weighted by Crippen LogP contribution is 2.17. The van der Waals surface area contributed by atoms with Gasteiger partial charge >= 0.3 is 0 Å². The van der Waals surface area contributed by atoms with Gasteiger partial charge in [0.15, 0.2) is 0 Å². The lowest BCUT2D eigenvalue weighted by Crippen LogP contribution is -2.28.